The Balaban J connectivity index is 0.000000121. The third-order valence-corrected chi connectivity index (χ3v) is 3.78. The summed E-state index contributed by atoms with van der Waals surface area (Å²) < 4.78 is 0. The summed E-state index contributed by atoms with van der Waals surface area (Å²) in [4.78, 5) is 4.58. The molecule has 4 heteroatoms. The van der Waals surface area contributed by atoms with Crippen LogP contribution in [0.3, 0.4) is 0 Å². The molecule has 2 heterocycles. The predicted molar refractivity (Wildman–Crippen MR) is 87.3 cm³/mol. The summed E-state index contributed by atoms with van der Waals surface area (Å²) in [6.45, 7) is 4.78. The molecule has 104 valence electrons. The second-order valence-corrected chi connectivity index (χ2v) is 5.80. The van der Waals surface area contributed by atoms with Gasteiger partial charge in [0.15, 0.2) is 0 Å². The molecule has 2 aromatic rings. The van der Waals surface area contributed by atoms with E-state index < -0.39 is 0 Å². The SMILES string of the molecule is Clc1ccc(N2CC2)cc1.Clc1ccc(N2CC2)cc1. The highest BCUT2D eigenvalue weighted by molar-refractivity contribution is 6.30. The van der Waals surface area contributed by atoms with Crippen molar-refractivity contribution in [1.29, 1.82) is 0 Å². The van der Waals surface area contributed by atoms with E-state index in [2.05, 4.69) is 34.1 Å². The van der Waals surface area contributed by atoms with Crippen LogP contribution in [0.4, 0.5) is 11.4 Å². The van der Waals surface area contributed by atoms with E-state index in [-0.39, 0.29) is 0 Å². The minimum Gasteiger partial charge on any atom is -0.368 e. The standard InChI is InChI=1S/2C8H8ClN/c2*9-7-1-3-8(4-2-7)10-5-6-10/h2*1-4H,5-6H2. The van der Waals surface area contributed by atoms with Crippen molar-refractivity contribution in [2.75, 3.05) is 36.0 Å². The Morgan fingerprint density at radius 3 is 1.10 bits per heavy atom. The zero-order valence-electron chi connectivity index (χ0n) is 11.1. The lowest BCUT2D eigenvalue weighted by Crippen LogP contribution is -1.88. The van der Waals surface area contributed by atoms with Crippen LogP contribution in [0.2, 0.25) is 10.0 Å². The van der Waals surface area contributed by atoms with Crippen molar-refractivity contribution in [1.82, 2.24) is 0 Å². The van der Waals surface area contributed by atoms with Crippen LogP contribution in [0.15, 0.2) is 48.5 Å². The van der Waals surface area contributed by atoms with Crippen molar-refractivity contribution < 1.29 is 0 Å². The van der Waals surface area contributed by atoms with Crippen LogP contribution < -0.4 is 9.80 Å². The Labute approximate surface area is 129 Å². The molecule has 0 amide bonds. The monoisotopic (exact) mass is 306 g/mol. The van der Waals surface area contributed by atoms with Gasteiger partial charge in [-0.25, -0.2) is 0 Å². The molecule has 2 aromatic carbocycles. The van der Waals surface area contributed by atoms with Crippen LogP contribution in [0.5, 0.6) is 0 Å². The van der Waals surface area contributed by atoms with Gasteiger partial charge in [0, 0.05) is 47.6 Å². The van der Waals surface area contributed by atoms with Gasteiger partial charge in [-0.05, 0) is 48.5 Å². The Kier molecular flexibility index (Phi) is 4.04. The maximum atomic E-state index is 5.72. The van der Waals surface area contributed by atoms with Crippen molar-refractivity contribution in [3.8, 4) is 0 Å². The van der Waals surface area contributed by atoms with E-state index in [1.807, 2.05) is 24.3 Å². The maximum Gasteiger partial charge on any atom is 0.0407 e. The number of benzene rings is 2. The Bertz CT molecular complexity index is 505. The minimum absolute atomic E-state index is 0.811. The fourth-order valence-electron chi connectivity index (χ4n) is 1.92. The molecule has 0 unspecified atom stereocenters. The van der Waals surface area contributed by atoms with Crippen molar-refractivity contribution >= 4 is 34.6 Å². The van der Waals surface area contributed by atoms with Gasteiger partial charge < -0.3 is 9.80 Å². The Hall–Kier alpha value is -1.38. The zero-order valence-corrected chi connectivity index (χ0v) is 12.6. The molecule has 2 fully saturated rings. The van der Waals surface area contributed by atoms with Gasteiger partial charge in [0.05, 0.1) is 0 Å². The molecule has 2 aliphatic heterocycles. The van der Waals surface area contributed by atoms with Crippen LogP contribution in [0, 0.1) is 0 Å². The second-order valence-electron chi connectivity index (χ2n) is 4.93. The molecule has 20 heavy (non-hydrogen) atoms. The summed E-state index contributed by atoms with van der Waals surface area (Å²) in [5, 5.41) is 1.62. The molecule has 2 saturated heterocycles. The van der Waals surface area contributed by atoms with Crippen LogP contribution in [0.25, 0.3) is 0 Å². The lowest BCUT2D eigenvalue weighted by Gasteiger charge is -1.99. The molecule has 0 N–H and O–H groups in total. The lowest BCUT2D eigenvalue weighted by atomic mass is 10.3. The first kappa shape index (κ1) is 13.6. The Morgan fingerprint density at radius 2 is 0.850 bits per heavy atom. The predicted octanol–water partition coefficient (Wildman–Crippen LogP) is 4.32. The van der Waals surface area contributed by atoms with Crippen LogP contribution in [0.1, 0.15) is 0 Å². The smallest absolute Gasteiger partial charge is 0.0407 e. The van der Waals surface area contributed by atoms with Crippen LogP contribution in [-0.4, -0.2) is 26.2 Å². The highest BCUT2D eigenvalue weighted by Crippen LogP contribution is 2.23. The molecule has 0 radical (unpaired) electrons. The van der Waals surface area contributed by atoms with E-state index in [0.717, 1.165) is 10.0 Å². The van der Waals surface area contributed by atoms with Gasteiger partial charge in [-0.2, -0.15) is 0 Å². The van der Waals surface area contributed by atoms with Crippen molar-refractivity contribution in [2.45, 2.75) is 0 Å². The molecule has 2 aliphatic rings. The quantitative estimate of drug-likeness (QED) is 0.762. The van der Waals surface area contributed by atoms with Gasteiger partial charge in [0.1, 0.15) is 0 Å². The first-order valence-corrected chi connectivity index (χ1v) is 7.49. The normalized spacial score (nSPS) is 15.5. The molecule has 0 aromatic heterocycles. The first-order chi connectivity index (χ1) is 9.72. The van der Waals surface area contributed by atoms with Gasteiger partial charge in [0.25, 0.3) is 0 Å². The average molecular weight is 307 g/mol. The van der Waals surface area contributed by atoms with Gasteiger partial charge in [-0.3, -0.25) is 0 Å². The third kappa shape index (κ3) is 3.81. The summed E-state index contributed by atoms with van der Waals surface area (Å²) in [7, 11) is 0. The molecule has 0 aliphatic carbocycles. The minimum atomic E-state index is 0.811. The molecule has 0 atom stereocenters. The topological polar surface area (TPSA) is 6.02 Å². The summed E-state index contributed by atoms with van der Waals surface area (Å²) in [6, 6.07) is 15.9. The highest BCUT2D eigenvalue weighted by atomic mass is 35.5. The molecular weight excluding hydrogens is 291 g/mol. The number of hydrogen-bond donors (Lipinski definition) is 0. The van der Waals surface area contributed by atoms with E-state index in [1.54, 1.807) is 0 Å². The van der Waals surface area contributed by atoms with E-state index in [4.69, 9.17) is 23.2 Å². The van der Waals surface area contributed by atoms with Gasteiger partial charge in [-0.15, -0.1) is 0 Å². The average Bonchev–Trinajstić information content (AvgIpc) is 3.33. The molecule has 0 spiro atoms. The van der Waals surface area contributed by atoms with Crippen LogP contribution in [-0.2, 0) is 0 Å². The fraction of sp³-hybridized carbons (Fsp3) is 0.250. The van der Waals surface area contributed by atoms with Gasteiger partial charge in [-0.1, -0.05) is 23.2 Å². The first-order valence-electron chi connectivity index (χ1n) is 6.73. The van der Waals surface area contributed by atoms with E-state index >= 15 is 0 Å². The number of halogens is 2. The lowest BCUT2D eigenvalue weighted by molar-refractivity contribution is 1.40. The maximum absolute atomic E-state index is 5.72. The third-order valence-electron chi connectivity index (χ3n) is 3.28. The molecule has 0 saturated carbocycles. The van der Waals surface area contributed by atoms with Gasteiger partial charge >= 0.3 is 0 Å². The highest BCUT2D eigenvalue weighted by Gasteiger charge is 2.17. The number of hydrogen-bond acceptors (Lipinski definition) is 2. The van der Waals surface area contributed by atoms with Crippen molar-refractivity contribution in [3.63, 3.8) is 0 Å². The second kappa shape index (κ2) is 5.94. The summed E-state index contributed by atoms with van der Waals surface area (Å²) in [6.07, 6.45) is 0. The van der Waals surface area contributed by atoms with Crippen molar-refractivity contribution in [3.05, 3.63) is 58.6 Å². The number of nitrogens with zero attached hydrogens (tertiary/aromatic N) is 2. The summed E-state index contributed by atoms with van der Waals surface area (Å²) in [5.41, 5.74) is 2.56. The molecular formula is C16H16Cl2N2. The Morgan fingerprint density at radius 1 is 0.550 bits per heavy atom. The van der Waals surface area contributed by atoms with Crippen LogP contribution >= 0.6 is 23.2 Å². The van der Waals surface area contributed by atoms with E-state index in [0.29, 0.717) is 0 Å². The van der Waals surface area contributed by atoms with E-state index in [9.17, 15) is 0 Å². The molecule has 0 bridgehead atoms. The number of anilines is 2. The number of rotatable bonds is 2. The zero-order chi connectivity index (χ0) is 13.9. The fourth-order valence-corrected chi connectivity index (χ4v) is 2.17. The van der Waals surface area contributed by atoms with Crippen molar-refractivity contribution in [2.24, 2.45) is 0 Å². The van der Waals surface area contributed by atoms with E-state index in [1.165, 1.54) is 37.6 Å². The summed E-state index contributed by atoms with van der Waals surface area (Å²) in [5.74, 6) is 0. The van der Waals surface area contributed by atoms with Gasteiger partial charge in [0.2, 0.25) is 0 Å². The molecule has 4 rings (SSSR count). The largest absolute Gasteiger partial charge is 0.368 e. The molecule has 2 nitrogen and oxygen atoms in total. The summed E-state index contributed by atoms with van der Waals surface area (Å²) >= 11 is 11.4.